The Balaban J connectivity index is 1.63. The van der Waals surface area contributed by atoms with Gasteiger partial charge < -0.3 is 14.6 Å². The molecule has 0 bridgehead atoms. The third kappa shape index (κ3) is 2.49. The minimum absolute atomic E-state index is 0.202. The van der Waals surface area contributed by atoms with E-state index in [1.54, 1.807) is 65.6 Å². The molecule has 1 saturated heterocycles. The van der Waals surface area contributed by atoms with Gasteiger partial charge in [-0.05, 0) is 12.1 Å². The minimum Gasteiger partial charge on any atom is -0.468 e. The lowest BCUT2D eigenvalue weighted by atomic mass is 9.73. The molecule has 6 heteroatoms. The smallest absolute Gasteiger partial charge is 0.210 e. The summed E-state index contributed by atoms with van der Waals surface area (Å²) < 4.78 is 5.73. The Bertz CT molecular complexity index is 1350. The molecule has 156 valence electrons. The van der Waals surface area contributed by atoms with Crippen LogP contribution in [0, 0.1) is 0 Å². The number of furan rings is 1. The SMILES string of the molecule is O=C(C1=C2NCCN2C2=C(C(=O)c3ccccc3C2=O)C1c1ccco1)c1ccccc1. The molecule has 3 heterocycles. The van der Waals surface area contributed by atoms with E-state index >= 15 is 0 Å². The second-order valence-electron chi connectivity index (χ2n) is 7.95. The van der Waals surface area contributed by atoms with E-state index < -0.39 is 5.92 Å². The predicted octanol–water partition coefficient (Wildman–Crippen LogP) is 3.71. The Morgan fingerprint density at radius 2 is 1.62 bits per heavy atom. The predicted molar refractivity (Wildman–Crippen MR) is 116 cm³/mol. The number of hydrogen-bond acceptors (Lipinski definition) is 6. The van der Waals surface area contributed by atoms with Crippen LogP contribution in [-0.2, 0) is 0 Å². The van der Waals surface area contributed by atoms with Crippen molar-refractivity contribution >= 4 is 17.3 Å². The van der Waals surface area contributed by atoms with Crippen LogP contribution in [0.2, 0.25) is 0 Å². The van der Waals surface area contributed by atoms with E-state index in [-0.39, 0.29) is 17.3 Å². The summed E-state index contributed by atoms with van der Waals surface area (Å²) in [6, 6.07) is 19.3. The molecule has 0 saturated carbocycles. The summed E-state index contributed by atoms with van der Waals surface area (Å²) in [6.07, 6.45) is 1.52. The number of carbonyl (C=O) groups is 3. The third-order valence-electron chi connectivity index (χ3n) is 6.24. The normalized spacial score (nSPS) is 19.5. The lowest BCUT2D eigenvalue weighted by Crippen LogP contribution is -2.40. The lowest BCUT2D eigenvalue weighted by molar-refractivity contribution is 0.0934. The quantitative estimate of drug-likeness (QED) is 0.649. The topological polar surface area (TPSA) is 79.6 Å². The summed E-state index contributed by atoms with van der Waals surface area (Å²) in [5.74, 6) is -0.417. The van der Waals surface area contributed by atoms with E-state index in [0.717, 1.165) is 0 Å². The highest BCUT2D eigenvalue weighted by molar-refractivity contribution is 6.28. The largest absolute Gasteiger partial charge is 0.468 e. The zero-order valence-corrected chi connectivity index (χ0v) is 17.0. The van der Waals surface area contributed by atoms with Crippen molar-refractivity contribution in [1.29, 1.82) is 0 Å². The van der Waals surface area contributed by atoms with Gasteiger partial charge in [-0.25, -0.2) is 0 Å². The first kappa shape index (κ1) is 18.6. The molecule has 6 rings (SSSR count). The molecule has 0 spiro atoms. The molecule has 1 unspecified atom stereocenters. The second kappa shape index (κ2) is 6.92. The molecule has 0 radical (unpaired) electrons. The van der Waals surface area contributed by atoms with Gasteiger partial charge in [0.2, 0.25) is 5.78 Å². The molecule has 1 N–H and O–H groups in total. The van der Waals surface area contributed by atoms with Gasteiger partial charge in [0, 0.05) is 35.4 Å². The van der Waals surface area contributed by atoms with E-state index in [2.05, 4.69) is 5.32 Å². The highest BCUT2D eigenvalue weighted by Crippen LogP contribution is 2.47. The van der Waals surface area contributed by atoms with E-state index in [9.17, 15) is 14.4 Å². The van der Waals surface area contributed by atoms with Crippen LogP contribution in [0.15, 0.2) is 100 Å². The summed E-state index contributed by atoms with van der Waals surface area (Å²) in [4.78, 5) is 42.9. The second-order valence-corrected chi connectivity index (χ2v) is 7.95. The molecule has 1 aromatic heterocycles. The number of nitrogens with zero attached hydrogens (tertiary/aromatic N) is 1. The highest BCUT2D eigenvalue weighted by atomic mass is 16.3. The lowest BCUT2D eigenvalue weighted by Gasteiger charge is -2.37. The van der Waals surface area contributed by atoms with Gasteiger partial charge in [0.25, 0.3) is 0 Å². The van der Waals surface area contributed by atoms with Gasteiger partial charge in [0.05, 0.1) is 23.5 Å². The van der Waals surface area contributed by atoms with Crippen molar-refractivity contribution in [3.63, 3.8) is 0 Å². The Labute approximate surface area is 183 Å². The molecule has 6 nitrogen and oxygen atoms in total. The Morgan fingerprint density at radius 1 is 0.906 bits per heavy atom. The number of nitrogens with one attached hydrogen (secondary N) is 1. The summed E-state index contributed by atoms with van der Waals surface area (Å²) in [7, 11) is 0. The minimum atomic E-state index is -0.783. The van der Waals surface area contributed by atoms with Crippen molar-refractivity contribution in [3.05, 3.63) is 118 Å². The average Bonchev–Trinajstić information content (AvgIpc) is 3.53. The number of hydrogen-bond donors (Lipinski definition) is 1. The number of rotatable bonds is 3. The Hall–Kier alpha value is -4.19. The standard InChI is InChI=1S/C26H18N2O4/c29-23(15-7-2-1-3-8-15)21-19(18-11-6-14-32-18)20-22(28-13-12-27-26(21)28)25(31)17-10-5-4-9-16(17)24(20)30/h1-11,14,19,27H,12-13H2. The van der Waals surface area contributed by atoms with Crippen LogP contribution in [0.25, 0.3) is 0 Å². The molecule has 1 aliphatic carbocycles. The van der Waals surface area contributed by atoms with Crippen molar-refractivity contribution in [2.75, 3.05) is 13.1 Å². The number of fused-ring (bicyclic) bond motifs is 3. The number of ketones is 3. The maximum atomic E-state index is 13.8. The van der Waals surface area contributed by atoms with Gasteiger partial charge >= 0.3 is 0 Å². The monoisotopic (exact) mass is 422 g/mol. The number of allylic oxidation sites excluding steroid dienone is 3. The van der Waals surface area contributed by atoms with Gasteiger partial charge in [0.15, 0.2) is 11.6 Å². The maximum Gasteiger partial charge on any atom is 0.210 e. The first-order chi connectivity index (χ1) is 15.7. The van der Waals surface area contributed by atoms with Crippen LogP contribution in [0.3, 0.4) is 0 Å². The van der Waals surface area contributed by atoms with Crippen LogP contribution in [0.5, 0.6) is 0 Å². The first-order valence-corrected chi connectivity index (χ1v) is 10.5. The van der Waals surface area contributed by atoms with Crippen molar-refractivity contribution in [2.45, 2.75) is 5.92 Å². The molecule has 1 fully saturated rings. The summed E-state index contributed by atoms with van der Waals surface area (Å²) in [5, 5.41) is 3.29. The van der Waals surface area contributed by atoms with Gasteiger partial charge in [-0.15, -0.1) is 0 Å². The highest BCUT2D eigenvalue weighted by Gasteiger charge is 2.49. The van der Waals surface area contributed by atoms with Gasteiger partial charge in [0.1, 0.15) is 11.6 Å². The van der Waals surface area contributed by atoms with Crippen LogP contribution in [0.4, 0.5) is 0 Å². The number of benzene rings is 2. The fourth-order valence-electron chi connectivity index (χ4n) is 4.88. The Morgan fingerprint density at radius 3 is 2.34 bits per heavy atom. The van der Waals surface area contributed by atoms with E-state index in [1.807, 2.05) is 6.07 Å². The Kier molecular flexibility index (Phi) is 4.01. The van der Waals surface area contributed by atoms with Crippen LogP contribution >= 0.6 is 0 Å². The molecular formula is C26H18N2O4. The van der Waals surface area contributed by atoms with Gasteiger partial charge in [-0.3, -0.25) is 14.4 Å². The molecular weight excluding hydrogens is 404 g/mol. The summed E-state index contributed by atoms with van der Waals surface area (Å²) >= 11 is 0. The zero-order valence-electron chi connectivity index (χ0n) is 17.0. The summed E-state index contributed by atoms with van der Waals surface area (Å²) in [6.45, 7) is 1.05. The average molecular weight is 422 g/mol. The van der Waals surface area contributed by atoms with Crippen LogP contribution < -0.4 is 5.32 Å². The van der Waals surface area contributed by atoms with Crippen molar-refractivity contribution in [1.82, 2.24) is 10.2 Å². The van der Waals surface area contributed by atoms with Crippen molar-refractivity contribution in [3.8, 4) is 0 Å². The van der Waals surface area contributed by atoms with Crippen molar-refractivity contribution in [2.24, 2.45) is 0 Å². The van der Waals surface area contributed by atoms with Crippen LogP contribution in [0.1, 0.15) is 42.8 Å². The van der Waals surface area contributed by atoms with Crippen molar-refractivity contribution < 1.29 is 18.8 Å². The molecule has 0 amide bonds. The molecule has 2 aromatic carbocycles. The molecule has 3 aromatic rings. The van der Waals surface area contributed by atoms with E-state index in [0.29, 0.717) is 58.2 Å². The molecule has 32 heavy (non-hydrogen) atoms. The molecule has 3 aliphatic rings. The van der Waals surface area contributed by atoms with E-state index in [4.69, 9.17) is 4.42 Å². The van der Waals surface area contributed by atoms with Gasteiger partial charge in [-0.1, -0.05) is 54.6 Å². The third-order valence-corrected chi connectivity index (χ3v) is 6.24. The fraction of sp³-hybridized carbons (Fsp3) is 0.115. The molecule has 1 atom stereocenters. The van der Waals surface area contributed by atoms with E-state index in [1.165, 1.54) is 6.26 Å². The van der Waals surface area contributed by atoms with Crippen LogP contribution in [-0.4, -0.2) is 35.3 Å². The van der Waals surface area contributed by atoms with Gasteiger partial charge in [-0.2, -0.15) is 0 Å². The first-order valence-electron chi connectivity index (χ1n) is 10.5. The summed E-state index contributed by atoms with van der Waals surface area (Å²) in [5.41, 5.74) is 2.31. The molecule has 2 aliphatic heterocycles. The number of carbonyl (C=O) groups excluding carboxylic acids is 3. The number of Topliss-reactive ketones (excluding diaryl/α,β-unsaturated/α-hetero) is 3. The zero-order chi connectivity index (χ0) is 21.8. The fourth-order valence-corrected chi connectivity index (χ4v) is 4.88. The maximum absolute atomic E-state index is 13.8.